The molecular formula is C10H10Cl3NO4Si. The first-order chi connectivity index (χ1) is 8.79. The average molecular weight is 343 g/mol. The zero-order chi connectivity index (χ0) is 14.5. The minimum absolute atomic E-state index is 0.114. The number of ether oxygens (including phenoxy) is 1. The highest BCUT2D eigenvalue weighted by molar-refractivity contribution is 7.64. The number of benzene rings is 1. The van der Waals surface area contributed by atoms with E-state index in [9.17, 15) is 14.9 Å². The quantitative estimate of drug-likeness (QED) is 0.197. The number of hydrogen-bond donors (Lipinski definition) is 0. The zero-order valence-electron chi connectivity index (χ0n) is 9.64. The molecule has 0 heterocycles. The van der Waals surface area contributed by atoms with E-state index < -0.39 is 16.9 Å². The number of rotatable bonds is 6. The lowest BCUT2D eigenvalue weighted by Crippen LogP contribution is -2.12. The minimum atomic E-state index is -2.70. The Labute approximate surface area is 124 Å². The first kappa shape index (κ1) is 16.2. The van der Waals surface area contributed by atoms with Crippen molar-refractivity contribution in [3.8, 4) is 0 Å². The third-order valence-corrected chi connectivity index (χ3v) is 4.75. The van der Waals surface area contributed by atoms with Crippen LogP contribution in [0.2, 0.25) is 6.04 Å². The Kier molecular flexibility index (Phi) is 6.06. The van der Waals surface area contributed by atoms with Gasteiger partial charge in [-0.3, -0.25) is 10.1 Å². The third kappa shape index (κ3) is 6.24. The standard InChI is InChI=1S/C10H10Cl3NO4Si/c11-19(12,13)6-2-5-18-10(15)8-3-1-4-9(7-8)14(16)17/h1,3-4,7H,2,5-6H2. The fraction of sp³-hybridized carbons (Fsp3) is 0.300. The van der Waals surface area contributed by atoms with Crippen molar-refractivity contribution in [3.63, 3.8) is 0 Å². The summed E-state index contributed by atoms with van der Waals surface area (Å²) in [6, 6.07) is 3.01. The molecule has 0 fully saturated rings. The Morgan fingerprint density at radius 1 is 1.37 bits per heavy atom. The van der Waals surface area contributed by atoms with Crippen molar-refractivity contribution in [1.82, 2.24) is 0 Å². The van der Waals surface area contributed by atoms with Crippen LogP contribution in [0.1, 0.15) is 16.8 Å². The predicted molar refractivity (Wildman–Crippen MR) is 76.1 cm³/mol. The van der Waals surface area contributed by atoms with Gasteiger partial charge < -0.3 is 4.74 Å². The van der Waals surface area contributed by atoms with Gasteiger partial charge >= 0.3 is 12.0 Å². The Bertz CT molecular complexity index is 478. The van der Waals surface area contributed by atoms with Gasteiger partial charge in [0.15, 0.2) is 0 Å². The number of esters is 1. The summed E-state index contributed by atoms with van der Waals surface area (Å²) >= 11 is 17.0. The van der Waals surface area contributed by atoms with Crippen molar-refractivity contribution in [2.24, 2.45) is 0 Å². The second-order valence-electron chi connectivity index (χ2n) is 3.66. The summed E-state index contributed by atoms with van der Waals surface area (Å²) in [6.45, 7) is 0.114. The van der Waals surface area contributed by atoms with Crippen LogP contribution in [0.15, 0.2) is 24.3 Å². The molecule has 0 bridgehead atoms. The van der Waals surface area contributed by atoms with Crippen LogP contribution in [-0.2, 0) is 4.74 Å². The number of carbonyl (C=O) groups excluding carboxylic acids is 1. The van der Waals surface area contributed by atoms with Crippen LogP contribution < -0.4 is 0 Å². The van der Waals surface area contributed by atoms with E-state index in [1.807, 2.05) is 0 Å². The lowest BCUT2D eigenvalue weighted by atomic mass is 10.2. The van der Waals surface area contributed by atoms with Crippen LogP contribution in [-0.4, -0.2) is 23.5 Å². The van der Waals surface area contributed by atoms with Crippen LogP contribution >= 0.6 is 33.2 Å². The molecule has 0 saturated heterocycles. The molecule has 19 heavy (non-hydrogen) atoms. The number of nitro groups is 1. The SMILES string of the molecule is O=C(OCCC[Si](Cl)(Cl)Cl)c1cccc([N+](=O)[O-])c1. The molecule has 1 aromatic rings. The maximum atomic E-state index is 11.6. The molecule has 9 heteroatoms. The van der Waals surface area contributed by atoms with Crippen LogP contribution in [0.5, 0.6) is 0 Å². The van der Waals surface area contributed by atoms with Gasteiger partial charge in [0.2, 0.25) is 0 Å². The number of hydrogen-bond acceptors (Lipinski definition) is 4. The van der Waals surface area contributed by atoms with Crippen molar-refractivity contribution in [2.45, 2.75) is 12.5 Å². The molecule has 104 valence electrons. The molecule has 0 aliphatic carbocycles. The van der Waals surface area contributed by atoms with E-state index in [1.165, 1.54) is 18.2 Å². The second-order valence-corrected chi connectivity index (χ2v) is 12.9. The van der Waals surface area contributed by atoms with E-state index in [0.29, 0.717) is 12.5 Å². The highest BCUT2D eigenvalue weighted by atomic mass is 35.8. The van der Waals surface area contributed by atoms with E-state index in [-0.39, 0.29) is 17.9 Å². The molecule has 0 radical (unpaired) electrons. The van der Waals surface area contributed by atoms with Crippen LogP contribution in [0.4, 0.5) is 5.69 Å². The van der Waals surface area contributed by atoms with Crippen molar-refractivity contribution in [3.05, 3.63) is 39.9 Å². The van der Waals surface area contributed by atoms with Gasteiger partial charge in [-0.15, -0.1) is 33.2 Å². The summed E-state index contributed by atoms with van der Waals surface area (Å²) in [5, 5.41) is 10.6. The number of non-ortho nitro benzene ring substituents is 1. The van der Waals surface area contributed by atoms with Crippen molar-refractivity contribution in [1.29, 1.82) is 0 Å². The number of carbonyl (C=O) groups is 1. The van der Waals surface area contributed by atoms with E-state index >= 15 is 0 Å². The van der Waals surface area contributed by atoms with E-state index in [4.69, 9.17) is 38.0 Å². The van der Waals surface area contributed by atoms with Crippen LogP contribution in [0, 0.1) is 10.1 Å². The van der Waals surface area contributed by atoms with E-state index in [1.54, 1.807) is 0 Å². The summed E-state index contributed by atoms with van der Waals surface area (Å²) in [5.74, 6) is -0.630. The monoisotopic (exact) mass is 341 g/mol. The average Bonchev–Trinajstić information content (AvgIpc) is 2.33. The highest BCUT2D eigenvalue weighted by Crippen LogP contribution is 2.26. The highest BCUT2D eigenvalue weighted by Gasteiger charge is 2.24. The first-order valence-electron chi connectivity index (χ1n) is 5.28. The molecule has 0 spiro atoms. The van der Waals surface area contributed by atoms with Gasteiger partial charge in [-0.2, -0.15) is 0 Å². The lowest BCUT2D eigenvalue weighted by Gasteiger charge is -2.08. The molecule has 5 nitrogen and oxygen atoms in total. The Balaban J connectivity index is 2.50. The smallest absolute Gasteiger partial charge is 0.341 e. The molecule has 0 aromatic heterocycles. The summed E-state index contributed by atoms with van der Waals surface area (Å²) < 4.78 is 4.94. The van der Waals surface area contributed by atoms with E-state index in [2.05, 4.69) is 0 Å². The summed E-state index contributed by atoms with van der Waals surface area (Å²) in [7, 11) is 0. The normalized spacial score (nSPS) is 11.1. The van der Waals surface area contributed by atoms with Gasteiger partial charge in [0.05, 0.1) is 17.1 Å². The molecule has 0 amide bonds. The molecule has 0 saturated carbocycles. The van der Waals surface area contributed by atoms with Crippen molar-refractivity contribution in [2.75, 3.05) is 6.61 Å². The number of halogens is 3. The topological polar surface area (TPSA) is 69.4 Å². The first-order valence-corrected chi connectivity index (χ1v) is 10.5. The fourth-order valence-corrected chi connectivity index (χ4v) is 3.02. The zero-order valence-corrected chi connectivity index (χ0v) is 12.9. The molecular weight excluding hydrogens is 333 g/mol. The van der Waals surface area contributed by atoms with Crippen LogP contribution in [0.3, 0.4) is 0 Å². The molecule has 0 atom stereocenters. The third-order valence-electron chi connectivity index (χ3n) is 2.13. The van der Waals surface area contributed by atoms with Gasteiger partial charge in [0.25, 0.3) is 5.69 Å². The van der Waals surface area contributed by atoms with Gasteiger partial charge in [-0.1, -0.05) is 6.07 Å². The summed E-state index contributed by atoms with van der Waals surface area (Å²) in [6.07, 6.45) is 0.448. The van der Waals surface area contributed by atoms with E-state index in [0.717, 1.165) is 6.07 Å². The fourth-order valence-electron chi connectivity index (χ4n) is 1.27. The Hall–Kier alpha value is -0.823. The van der Waals surface area contributed by atoms with Crippen LogP contribution in [0.25, 0.3) is 0 Å². The van der Waals surface area contributed by atoms with Gasteiger partial charge in [-0.25, -0.2) is 4.79 Å². The molecule has 0 unspecified atom stereocenters. The maximum Gasteiger partial charge on any atom is 0.341 e. The molecule has 0 N–H and O–H groups in total. The minimum Gasteiger partial charge on any atom is -0.462 e. The summed E-state index contributed by atoms with van der Waals surface area (Å²) in [5.41, 5.74) is -0.0384. The Morgan fingerprint density at radius 3 is 2.63 bits per heavy atom. The molecule has 1 aromatic carbocycles. The lowest BCUT2D eigenvalue weighted by molar-refractivity contribution is -0.384. The maximum absolute atomic E-state index is 11.6. The second kappa shape index (κ2) is 7.09. The number of nitrogens with zero attached hydrogens (tertiary/aromatic N) is 1. The molecule has 0 aliphatic heterocycles. The largest absolute Gasteiger partial charge is 0.462 e. The summed E-state index contributed by atoms with van der Waals surface area (Å²) in [4.78, 5) is 21.6. The van der Waals surface area contributed by atoms with Gasteiger partial charge in [-0.05, 0) is 18.5 Å². The van der Waals surface area contributed by atoms with Gasteiger partial charge in [0.1, 0.15) is 0 Å². The Morgan fingerprint density at radius 2 is 2.05 bits per heavy atom. The number of nitro benzene ring substituents is 1. The van der Waals surface area contributed by atoms with Crippen molar-refractivity contribution >= 4 is 50.9 Å². The molecule has 1 rings (SSSR count). The molecule has 0 aliphatic rings. The predicted octanol–water partition coefficient (Wildman–Crippen LogP) is 3.80. The van der Waals surface area contributed by atoms with Gasteiger partial charge in [0, 0.05) is 12.1 Å². The van der Waals surface area contributed by atoms with Crippen molar-refractivity contribution < 1.29 is 14.5 Å².